The zero-order valence-corrected chi connectivity index (χ0v) is 20.9. The molecule has 5 heterocycles. The summed E-state index contributed by atoms with van der Waals surface area (Å²) in [6, 6.07) is 8.19. The number of nitrogens with two attached hydrogens (primary N) is 1. The standard InChI is InChI=1S/C26H30N10O/c1-18-13-35(22-3-2-19(12-27)24-25(22)30-7-6-29-24)17-21(37-18)16-33-8-10-34(11-9-33)26-31-5-4-23(32-26)36-14-20(28)15-36/h2-7,16,18,20H,8-11,13-15,17,28H2,1H3/b21-16+/t18-/m1/s1. The lowest BCUT2D eigenvalue weighted by molar-refractivity contribution is 0.107. The predicted octanol–water partition coefficient (Wildman–Crippen LogP) is 1.33. The van der Waals surface area contributed by atoms with Crippen LogP contribution < -0.4 is 20.4 Å². The highest BCUT2D eigenvalue weighted by Gasteiger charge is 2.27. The summed E-state index contributed by atoms with van der Waals surface area (Å²) in [4.78, 5) is 27.2. The Morgan fingerprint density at radius 2 is 1.73 bits per heavy atom. The minimum absolute atomic E-state index is 0.0226. The molecule has 1 atom stereocenters. The second-order valence-electron chi connectivity index (χ2n) is 9.80. The van der Waals surface area contributed by atoms with Crippen LogP contribution >= 0.6 is 0 Å². The maximum Gasteiger partial charge on any atom is 0.227 e. The number of hydrogen-bond donors (Lipinski definition) is 1. The monoisotopic (exact) mass is 498 g/mol. The zero-order chi connectivity index (χ0) is 25.4. The average molecular weight is 499 g/mol. The van der Waals surface area contributed by atoms with E-state index in [0.717, 1.165) is 74.5 Å². The average Bonchev–Trinajstić information content (AvgIpc) is 2.91. The molecule has 0 bridgehead atoms. The van der Waals surface area contributed by atoms with E-state index in [1.54, 1.807) is 12.4 Å². The van der Waals surface area contributed by atoms with E-state index in [1.165, 1.54) is 0 Å². The Morgan fingerprint density at radius 3 is 2.49 bits per heavy atom. The Balaban J connectivity index is 1.14. The first-order valence-electron chi connectivity index (χ1n) is 12.7. The SMILES string of the molecule is C[C@@H]1CN(c2ccc(C#N)c3nccnc23)C/C(=C\N2CCN(c3nccc(N4CC(N)C4)n3)CC2)O1. The number of nitrogens with zero attached hydrogens (tertiary/aromatic N) is 9. The maximum absolute atomic E-state index is 9.47. The van der Waals surface area contributed by atoms with E-state index < -0.39 is 0 Å². The second-order valence-corrected chi connectivity index (χ2v) is 9.80. The molecular weight excluding hydrogens is 468 g/mol. The van der Waals surface area contributed by atoms with Crippen molar-refractivity contribution in [1.29, 1.82) is 5.26 Å². The van der Waals surface area contributed by atoms with Gasteiger partial charge in [0.05, 0.1) is 24.3 Å². The molecule has 3 aliphatic rings. The zero-order valence-electron chi connectivity index (χ0n) is 20.9. The molecule has 6 rings (SSSR count). The number of rotatable bonds is 4. The fourth-order valence-corrected chi connectivity index (χ4v) is 5.16. The maximum atomic E-state index is 9.47. The summed E-state index contributed by atoms with van der Waals surface area (Å²) in [5.41, 5.74) is 8.80. The van der Waals surface area contributed by atoms with Crippen LogP contribution in [0.25, 0.3) is 11.0 Å². The second kappa shape index (κ2) is 9.71. The molecule has 0 saturated carbocycles. The van der Waals surface area contributed by atoms with Crippen molar-refractivity contribution in [3.8, 4) is 6.07 Å². The number of nitriles is 1. The van der Waals surface area contributed by atoms with Crippen molar-refractivity contribution in [3.05, 3.63) is 54.3 Å². The number of aromatic nitrogens is 4. The van der Waals surface area contributed by atoms with E-state index >= 15 is 0 Å². The molecule has 1 aromatic carbocycles. The van der Waals surface area contributed by atoms with Gasteiger partial charge in [0.1, 0.15) is 34.8 Å². The van der Waals surface area contributed by atoms with Gasteiger partial charge < -0.3 is 30.1 Å². The highest BCUT2D eigenvalue weighted by molar-refractivity contribution is 5.92. The Morgan fingerprint density at radius 1 is 0.946 bits per heavy atom. The van der Waals surface area contributed by atoms with Gasteiger partial charge in [-0.2, -0.15) is 10.2 Å². The summed E-state index contributed by atoms with van der Waals surface area (Å²) in [6.07, 6.45) is 7.29. The van der Waals surface area contributed by atoms with Gasteiger partial charge in [0.25, 0.3) is 0 Å². The molecule has 37 heavy (non-hydrogen) atoms. The van der Waals surface area contributed by atoms with Gasteiger partial charge in [-0.05, 0) is 25.1 Å². The molecular formula is C26H30N10O. The number of anilines is 3. The Hall–Kier alpha value is -4.17. The number of benzene rings is 1. The van der Waals surface area contributed by atoms with E-state index in [9.17, 15) is 5.26 Å². The quantitative estimate of drug-likeness (QED) is 0.560. The fourth-order valence-electron chi connectivity index (χ4n) is 5.16. The summed E-state index contributed by atoms with van der Waals surface area (Å²) in [7, 11) is 0. The minimum Gasteiger partial charge on any atom is -0.490 e. The van der Waals surface area contributed by atoms with Gasteiger partial charge in [-0.25, -0.2) is 4.98 Å². The molecule has 3 aromatic rings. The summed E-state index contributed by atoms with van der Waals surface area (Å²) in [5.74, 6) is 2.63. The third-order valence-corrected chi connectivity index (χ3v) is 7.03. The molecule has 0 aliphatic carbocycles. The van der Waals surface area contributed by atoms with E-state index in [2.05, 4.69) is 53.7 Å². The molecule has 0 unspecified atom stereocenters. The molecule has 2 aromatic heterocycles. The molecule has 190 valence electrons. The first-order chi connectivity index (χ1) is 18.1. The van der Waals surface area contributed by atoms with Crippen molar-refractivity contribution in [1.82, 2.24) is 24.8 Å². The molecule has 0 amide bonds. The number of morpholine rings is 1. The van der Waals surface area contributed by atoms with Gasteiger partial charge in [0, 0.05) is 70.1 Å². The van der Waals surface area contributed by atoms with Crippen molar-refractivity contribution in [3.63, 3.8) is 0 Å². The van der Waals surface area contributed by atoms with Crippen LogP contribution in [0, 0.1) is 11.3 Å². The van der Waals surface area contributed by atoms with Crippen molar-refractivity contribution >= 4 is 28.5 Å². The van der Waals surface area contributed by atoms with Crippen molar-refractivity contribution in [2.24, 2.45) is 5.73 Å². The van der Waals surface area contributed by atoms with E-state index in [0.29, 0.717) is 17.6 Å². The van der Waals surface area contributed by atoms with Crippen LogP contribution in [0.2, 0.25) is 0 Å². The summed E-state index contributed by atoms with van der Waals surface area (Å²) in [5, 5.41) is 9.47. The number of ether oxygens (including phenoxy) is 1. The van der Waals surface area contributed by atoms with Crippen LogP contribution in [0.15, 0.2) is 48.7 Å². The largest absolute Gasteiger partial charge is 0.490 e. The van der Waals surface area contributed by atoms with Gasteiger partial charge in [-0.1, -0.05) is 0 Å². The molecule has 0 spiro atoms. The Bertz CT molecular complexity index is 1360. The number of hydrogen-bond acceptors (Lipinski definition) is 11. The summed E-state index contributed by atoms with van der Waals surface area (Å²) in [6.45, 7) is 8.51. The fraction of sp³-hybridized carbons (Fsp3) is 0.423. The highest BCUT2D eigenvalue weighted by atomic mass is 16.5. The van der Waals surface area contributed by atoms with Crippen LogP contribution in [0.1, 0.15) is 12.5 Å². The van der Waals surface area contributed by atoms with Crippen molar-refractivity contribution in [2.75, 3.05) is 67.1 Å². The Kier molecular flexibility index (Phi) is 6.10. The van der Waals surface area contributed by atoms with Crippen LogP contribution in [-0.4, -0.2) is 89.3 Å². The van der Waals surface area contributed by atoms with E-state index in [4.69, 9.17) is 15.5 Å². The van der Waals surface area contributed by atoms with Gasteiger partial charge >= 0.3 is 0 Å². The van der Waals surface area contributed by atoms with Gasteiger partial charge in [-0.3, -0.25) is 9.97 Å². The first kappa shape index (κ1) is 23.2. The van der Waals surface area contributed by atoms with Gasteiger partial charge in [-0.15, -0.1) is 0 Å². The molecule has 3 fully saturated rings. The summed E-state index contributed by atoms with van der Waals surface area (Å²) >= 11 is 0. The van der Waals surface area contributed by atoms with E-state index in [-0.39, 0.29) is 12.1 Å². The highest BCUT2D eigenvalue weighted by Crippen LogP contribution is 2.30. The van der Waals surface area contributed by atoms with Crippen LogP contribution in [0.4, 0.5) is 17.5 Å². The van der Waals surface area contributed by atoms with Gasteiger partial charge in [0.2, 0.25) is 5.95 Å². The number of fused-ring (bicyclic) bond motifs is 1. The lowest BCUT2D eigenvalue weighted by Crippen LogP contribution is -2.56. The Labute approximate surface area is 215 Å². The minimum atomic E-state index is 0.0226. The van der Waals surface area contributed by atoms with Crippen LogP contribution in [-0.2, 0) is 4.74 Å². The van der Waals surface area contributed by atoms with E-state index in [1.807, 2.05) is 24.4 Å². The molecule has 0 radical (unpaired) electrons. The molecule has 3 saturated heterocycles. The number of piperazine rings is 1. The molecule has 11 nitrogen and oxygen atoms in total. The lowest BCUT2D eigenvalue weighted by Gasteiger charge is -2.39. The topological polar surface area (TPSA) is 124 Å². The third-order valence-electron chi connectivity index (χ3n) is 7.03. The van der Waals surface area contributed by atoms with Crippen LogP contribution in [0.3, 0.4) is 0 Å². The van der Waals surface area contributed by atoms with Crippen LogP contribution in [0.5, 0.6) is 0 Å². The van der Waals surface area contributed by atoms with Gasteiger partial charge in [0.15, 0.2) is 0 Å². The molecule has 2 N–H and O–H groups in total. The third kappa shape index (κ3) is 4.68. The predicted molar refractivity (Wildman–Crippen MR) is 141 cm³/mol. The first-order valence-corrected chi connectivity index (χ1v) is 12.7. The van der Waals surface area contributed by atoms with Crippen molar-refractivity contribution < 1.29 is 4.74 Å². The normalized spacial score (nSPS) is 21.6. The summed E-state index contributed by atoms with van der Waals surface area (Å²) < 4.78 is 6.21. The smallest absolute Gasteiger partial charge is 0.227 e. The van der Waals surface area contributed by atoms with Crippen molar-refractivity contribution in [2.45, 2.75) is 19.1 Å². The molecule has 3 aliphatic heterocycles. The lowest BCUT2D eigenvalue weighted by atomic mass is 10.1. The molecule has 11 heteroatoms.